The maximum Gasteiger partial charge on any atom is 0.0474 e. The van der Waals surface area contributed by atoms with Gasteiger partial charge in [-0.3, -0.25) is 0 Å². The molecule has 82 valence electrons. The molecule has 2 rings (SSSR count). The van der Waals surface area contributed by atoms with Crippen LogP contribution in [0.2, 0.25) is 0 Å². The normalized spacial score (nSPS) is 10.4. The maximum atomic E-state index is 5.76. The predicted octanol–water partition coefficient (Wildman–Crippen LogP) is 4.89. The highest BCUT2D eigenvalue weighted by molar-refractivity contribution is 7.99. The number of halogens is 1. The topological polar surface area (TPSA) is 0 Å². The molecule has 0 atom stereocenters. The molecule has 2 heteroatoms. The van der Waals surface area contributed by atoms with Crippen molar-refractivity contribution in [1.29, 1.82) is 0 Å². The van der Waals surface area contributed by atoms with Crippen LogP contribution in [-0.2, 0) is 5.88 Å². The van der Waals surface area contributed by atoms with Crippen LogP contribution in [0.4, 0.5) is 0 Å². The van der Waals surface area contributed by atoms with Gasteiger partial charge in [-0.2, -0.15) is 0 Å². The second-order valence-corrected chi connectivity index (χ2v) is 5.03. The van der Waals surface area contributed by atoms with Crippen LogP contribution in [0.1, 0.15) is 11.1 Å². The first-order valence-electron chi connectivity index (χ1n) is 5.18. The van der Waals surface area contributed by atoms with Crippen molar-refractivity contribution in [3.05, 3.63) is 59.7 Å². The number of benzene rings is 2. The van der Waals surface area contributed by atoms with Gasteiger partial charge in [-0.25, -0.2) is 0 Å². The Labute approximate surface area is 106 Å². The van der Waals surface area contributed by atoms with E-state index in [9.17, 15) is 0 Å². The summed E-state index contributed by atoms with van der Waals surface area (Å²) >= 11 is 7.55. The molecule has 0 nitrogen and oxygen atoms in total. The lowest BCUT2D eigenvalue weighted by molar-refractivity contribution is 1.28. The van der Waals surface area contributed by atoms with Gasteiger partial charge >= 0.3 is 0 Å². The highest BCUT2D eigenvalue weighted by Gasteiger charge is 2.00. The van der Waals surface area contributed by atoms with E-state index in [-0.39, 0.29) is 0 Å². The predicted molar refractivity (Wildman–Crippen MR) is 71.3 cm³/mol. The van der Waals surface area contributed by atoms with Crippen molar-refractivity contribution in [2.24, 2.45) is 0 Å². The van der Waals surface area contributed by atoms with Gasteiger partial charge in [0.25, 0.3) is 0 Å². The number of alkyl halides is 1. The van der Waals surface area contributed by atoms with E-state index in [1.165, 1.54) is 15.4 Å². The minimum Gasteiger partial charge on any atom is -0.122 e. The van der Waals surface area contributed by atoms with Crippen molar-refractivity contribution in [2.75, 3.05) is 0 Å². The summed E-state index contributed by atoms with van der Waals surface area (Å²) in [6, 6.07) is 16.8. The average molecular weight is 249 g/mol. The zero-order chi connectivity index (χ0) is 11.4. The third kappa shape index (κ3) is 2.81. The monoisotopic (exact) mass is 248 g/mol. The molecule has 0 amide bonds. The highest BCUT2D eigenvalue weighted by atomic mass is 35.5. The number of hydrogen-bond donors (Lipinski definition) is 0. The van der Waals surface area contributed by atoms with Crippen LogP contribution in [0.3, 0.4) is 0 Å². The third-order valence-electron chi connectivity index (χ3n) is 2.40. The first-order valence-corrected chi connectivity index (χ1v) is 6.53. The highest BCUT2D eigenvalue weighted by Crippen LogP contribution is 2.30. The molecule has 0 fully saturated rings. The van der Waals surface area contributed by atoms with E-state index in [0.717, 1.165) is 5.56 Å². The summed E-state index contributed by atoms with van der Waals surface area (Å²) in [6.07, 6.45) is 0. The van der Waals surface area contributed by atoms with Gasteiger partial charge in [-0.15, -0.1) is 11.6 Å². The van der Waals surface area contributed by atoms with Crippen LogP contribution in [0.5, 0.6) is 0 Å². The molecule has 2 aromatic rings. The van der Waals surface area contributed by atoms with Crippen LogP contribution in [-0.4, -0.2) is 0 Å². The summed E-state index contributed by atoms with van der Waals surface area (Å²) < 4.78 is 0. The molecule has 2 aromatic carbocycles. The molecule has 16 heavy (non-hydrogen) atoms. The SMILES string of the molecule is Cc1ccccc1Sc1ccc(CCl)cc1. The summed E-state index contributed by atoms with van der Waals surface area (Å²) in [6.45, 7) is 2.13. The zero-order valence-electron chi connectivity index (χ0n) is 9.11. The lowest BCUT2D eigenvalue weighted by atomic mass is 10.2. The second kappa shape index (κ2) is 5.42. The Bertz CT molecular complexity index is 462. The van der Waals surface area contributed by atoms with Gasteiger partial charge in [-0.05, 0) is 36.2 Å². The van der Waals surface area contributed by atoms with E-state index >= 15 is 0 Å². The van der Waals surface area contributed by atoms with Crippen molar-refractivity contribution in [2.45, 2.75) is 22.6 Å². The standard InChI is InChI=1S/C14H13ClS/c1-11-4-2-3-5-14(11)16-13-8-6-12(10-15)7-9-13/h2-9H,10H2,1H3. The Morgan fingerprint density at radius 2 is 1.69 bits per heavy atom. The van der Waals surface area contributed by atoms with Crippen molar-refractivity contribution in [3.8, 4) is 0 Å². The van der Waals surface area contributed by atoms with Gasteiger partial charge in [0, 0.05) is 15.7 Å². The summed E-state index contributed by atoms with van der Waals surface area (Å²) in [5.74, 6) is 0.579. The van der Waals surface area contributed by atoms with E-state index in [1.54, 1.807) is 11.8 Å². The second-order valence-electron chi connectivity index (χ2n) is 3.65. The van der Waals surface area contributed by atoms with Gasteiger partial charge < -0.3 is 0 Å². The fourth-order valence-electron chi connectivity index (χ4n) is 1.44. The molecule has 0 radical (unpaired) electrons. The fourth-order valence-corrected chi connectivity index (χ4v) is 2.52. The minimum absolute atomic E-state index is 0.579. The van der Waals surface area contributed by atoms with Crippen LogP contribution >= 0.6 is 23.4 Å². The molecule has 0 saturated carbocycles. The number of aryl methyl sites for hydroxylation is 1. The third-order valence-corrected chi connectivity index (χ3v) is 3.89. The number of rotatable bonds is 3. The largest absolute Gasteiger partial charge is 0.122 e. The minimum atomic E-state index is 0.579. The Hall–Kier alpha value is -0.920. The molecule has 0 aliphatic rings. The van der Waals surface area contributed by atoms with E-state index < -0.39 is 0 Å². The van der Waals surface area contributed by atoms with Crippen molar-refractivity contribution in [1.82, 2.24) is 0 Å². The molecule has 0 saturated heterocycles. The molecule has 0 N–H and O–H groups in total. The van der Waals surface area contributed by atoms with E-state index in [4.69, 9.17) is 11.6 Å². The first-order chi connectivity index (χ1) is 7.79. The van der Waals surface area contributed by atoms with E-state index in [2.05, 4.69) is 55.5 Å². The Morgan fingerprint density at radius 3 is 2.31 bits per heavy atom. The van der Waals surface area contributed by atoms with Crippen LogP contribution in [0, 0.1) is 6.92 Å². The molecule has 0 heterocycles. The fraction of sp³-hybridized carbons (Fsp3) is 0.143. The molecule has 0 bridgehead atoms. The summed E-state index contributed by atoms with van der Waals surface area (Å²) in [7, 11) is 0. The quantitative estimate of drug-likeness (QED) is 0.698. The molecule has 0 aromatic heterocycles. The van der Waals surface area contributed by atoms with Crippen molar-refractivity contribution in [3.63, 3.8) is 0 Å². The average Bonchev–Trinajstić information content (AvgIpc) is 2.33. The first kappa shape index (κ1) is 11.6. The lowest BCUT2D eigenvalue weighted by Crippen LogP contribution is -1.80. The lowest BCUT2D eigenvalue weighted by Gasteiger charge is -2.05. The van der Waals surface area contributed by atoms with Crippen molar-refractivity contribution < 1.29 is 0 Å². The van der Waals surface area contributed by atoms with E-state index in [1.807, 2.05) is 0 Å². The molecule has 0 unspecified atom stereocenters. The smallest absolute Gasteiger partial charge is 0.0474 e. The van der Waals surface area contributed by atoms with Crippen LogP contribution in [0.15, 0.2) is 58.3 Å². The summed E-state index contributed by atoms with van der Waals surface area (Å²) in [5.41, 5.74) is 2.48. The molecule has 0 aliphatic heterocycles. The maximum absolute atomic E-state index is 5.76. The molecular formula is C14H13ClS. The van der Waals surface area contributed by atoms with Gasteiger partial charge in [0.2, 0.25) is 0 Å². The van der Waals surface area contributed by atoms with Crippen LogP contribution in [0.25, 0.3) is 0 Å². The summed E-state index contributed by atoms with van der Waals surface area (Å²) in [5, 5.41) is 0. The van der Waals surface area contributed by atoms with Gasteiger partial charge in [0.1, 0.15) is 0 Å². The van der Waals surface area contributed by atoms with E-state index in [0.29, 0.717) is 5.88 Å². The Balaban J connectivity index is 2.18. The Kier molecular flexibility index (Phi) is 3.92. The van der Waals surface area contributed by atoms with Gasteiger partial charge in [0.15, 0.2) is 0 Å². The number of hydrogen-bond acceptors (Lipinski definition) is 1. The zero-order valence-corrected chi connectivity index (χ0v) is 10.7. The Morgan fingerprint density at radius 1 is 1.00 bits per heavy atom. The molecule has 0 spiro atoms. The summed E-state index contributed by atoms with van der Waals surface area (Å²) in [4.78, 5) is 2.56. The molecule has 0 aliphatic carbocycles. The van der Waals surface area contributed by atoms with Gasteiger partial charge in [0.05, 0.1) is 0 Å². The van der Waals surface area contributed by atoms with Gasteiger partial charge in [-0.1, -0.05) is 42.1 Å². The van der Waals surface area contributed by atoms with Crippen LogP contribution < -0.4 is 0 Å². The molecular weight excluding hydrogens is 236 g/mol. The van der Waals surface area contributed by atoms with Crippen molar-refractivity contribution >= 4 is 23.4 Å².